The molecule has 0 radical (unpaired) electrons. The van der Waals surface area contributed by atoms with Crippen molar-refractivity contribution in [2.45, 2.75) is 6.36 Å². The maximum atomic E-state index is 12.4. The van der Waals surface area contributed by atoms with Crippen molar-refractivity contribution in [3.63, 3.8) is 0 Å². The van der Waals surface area contributed by atoms with Gasteiger partial charge in [-0.25, -0.2) is 14.8 Å². The molecule has 0 unspecified atom stereocenters. The number of alkyl halides is 3. The van der Waals surface area contributed by atoms with E-state index in [2.05, 4.69) is 20.0 Å². The Morgan fingerprint density at radius 3 is 2.36 bits per heavy atom. The smallest absolute Gasteiger partial charge is 0.406 e. The molecular formula is C17H15F3N6O2. The summed E-state index contributed by atoms with van der Waals surface area (Å²) in [5, 5.41) is 11.7. The highest BCUT2D eigenvalue weighted by atomic mass is 19.4. The lowest BCUT2D eigenvalue weighted by molar-refractivity contribution is -0.274. The molecular weight excluding hydrogens is 377 g/mol. The van der Waals surface area contributed by atoms with Crippen molar-refractivity contribution in [3.8, 4) is 11.8 Å². The van der Waals surface area contributed by atoms with Crippen molar-refractivity contribution in [1.82, 2.24) is 14.9 Å². The number of carbonyl (C=O) groups is 1. The number of nitrogens with zero attached hydrogens (tertiary/aromatic N) is 5. The summed E-state index contributed by atoms with van der Waals surface area (Å²) in [4.78, 5) is 23.9. The number of rotatable bonds is 3. The first kappa shape index (κ1) is 19.2. The van der Waals surface area contributed by atoms with E-state index in [1.54, 1.807) is 4.90 Å². The van der Waals surface area contributed by atoms with Crippen LogP contribution in [0.2, 0.25) is 0 Å². The van der Waals surface area contributed by atoms with Crippen LogP contribution in [0, 0.1) is 11.3 Å². The van der Waals surface area contributed by atoms with Gasteiger partial charge in [-0.2, -0.15) is 5.26 Å². The molecule has 28 heavy (non-hydrogen) atoms. The van der Waals surface area contributed by atoms with Crippen LogP contribution in [0.3, 0.4) is 0 Å². The highest BCUT2D eigenvalue weighted by Crippen LogP contribution is 2.24. The molecule has 11 heteroatoms. The average molecular weight is 392 g/mol. The maximum Gasteiger partial charge on any atom is 0.573 e. The summed E-state index contributed by atoms with van der Waals surface area (Å²) in [5.74, 6) is 0.113. The molecule has 0 spiro atoms. The molecule has 1 fully saturated rings. The first-order valence-electron chi connectivity index (χ1n) is 8.23. The molecule has 8 nitrogen and oxygen atoms in total. The summed E-state index contributed by atoms with van der Waals surface area (Å²) in [7, 11) is 0. The lowest BCUT2D eigenvalue weighted by atomic mass is 10.3. The number of aromatic nitrogens is 2. The van der Waals surface area contributed by atoms with Crippen LogP contribution in [0.5, 0.6) is 5.75 Å². The van der Waals surface area contributed by atoms with Gasteiger partial charge in [0.15, 0.2) is 11.5 Å². The van der Waals surface area contributed by atoms with Crippen LogP contribution in [0.25, 0.3) is 0 Å². The number of halogens is 3. The second-order valence-electron chi connectivity index (χ2n) is 5.82. The molecule has 1 N–H and O–H groups in total. The number of ether oxygens (including phenoxy) is 1. The van der Waals surface area contributed by atoms with Gasteiger partial charge >= 0.3 is 12.4 Å². The third kappa shape index (κ3) is 4.79. The van der Waals surface area contributed by atoms with Gasteiger partial charge < -0.3 is 19.9 Å². The van der Waals surface area contributed by atoms with Crippen molar-refractivity contribution in [2.75, 3.05) is 36.4 Å². The fourth-order valence-corrected chi connectivity index (χ4v) is 2.70. The fourth-order valence-electron chi connectivity index (χ4n) is 2.70. The molecule has 1 aromatic carbocycles. The average Bonchev–Trinajstić information content (AvgIpc) is 2.68. The Hall–Kier alpha value is -3.55. The second-order valence-corrected chi connectivity index (χ2v) is 5.82. The molecule has 0 aliphatic carbocycles. The fraction of sp³-hybridized carbons (Fsp3) is 0.294. The minimum Gasteiger partial charge on any atom is -0.406 e. The van der Waals surface area contributed by atoms with Gasteiger partial charge in [0.1, 0.15) is 11.8 Å². The number of nitrogens with one attached hydrogen (secondary N) is 1. The summed E-state index contributed by atoms with van der Waals surface area (Å²) < 4.78 is 40.3. The lowest BCUT2D eigenvalue weighted by Gasteiger charge is -2.35. The number of carbonyl (C=O) groups excluding carboxylic acids is 1. The number of amides is 2. The van der Waals surface area contributed by atoms with Crippen molar-refractivity contribution in [1.29, 1.82) is 5.26 Å². The molecule has 2 amide bonds. The largest absolute Gasteiger partial charge is 0.573 e. The van der Waals surface area contributed by atoms with Crippen LogP contribution < -0.4 is 15.0 Å². The lowest BCUT2D eigenvalue weighted by Crippen LogP contribution is -2.50. The first-order chi connectivity index (χ1) is 13.4. The molecule has 0 bridgehead atoms. The monoisotopic (exact) mass is 392 g/mol. The van der Waals surface area contributed by atoms with Crippen LogP contribution >= 0.6 is 0 Å². The minimum atomic E-state index is -4.76. The van der Waals surface area contributed by atoms with E-state index in [0.29, 0.717) is 37.7 Å². The third-order valence-corrected chi connectivity index (χ3v) is 3.99. The zero-order valence-electron chi connectivity index (χ0n) is 14.5. The Morgan fingerprint density at radius 2 is 1.75 bits per heavy atom. The van der Waals surface area contributed by atoms with E-state index in [9.17, 15) is 18.0 Å². The van der Waals surface area contributed by atoms with Gasteiger partial charge in [0.25, 0.3) is 0 Å². The predicted octanol–water partition coefficient (Wildman–Crippen LogP) is 2.60. The first-order valence-corrected chi connectivity index (χ1v) is 8.23. The molecule has 0 atom stereocenters. The van der Waals surface area contributed by atoms with Crippen LogP contribution in [-0.2, 0) is 0 Å². The van der Waals surface area contributed by atoms with Crippen LogP contribution in [0.1, 0.15) is 5.69 Å². The van der Waals surface area contributed by atoms with E-state index in [0.717, 1.165) is 12.1 Å². The topological polar surface area (TPSA) is 94.4 Å². The van der Waals surface area contributed by atoms with Crippen LogP contribution in [-0.4, -0.2) is 53.4 Å². The summed E-state index contributed by atoms with van der Waals surface area (Å²) in [6, 6.07) is 6.52. The molecule has 0 saturated carbocycles. The van der Waals surface area contributed by atoms with Crippen LogP contribution in [0.15, 0.2) is 36.7 Å². The van der Waals surface area contributed by atoms with Gasteiger partial charge in [-0.1, -0.05) is 0 Å². The zero-order valence-corrected chi connectivity index (χ0v) is 14.5. The number of hydrogen-bond donors (Lipinski definition) is 1. The Labute approximate surface area is 158 Å². The van der Waals surface area contributed by atoms with E-state index in [1.807, 2.05) is 11.0 Å². The van der Waals surface area contributed by atoms with E-state index in [1.165, 1.54) is 24.5 Å². The maximum absolute atomic E-state index is 12.4. The number of piperazine rings is 1. The zero-order chi connectivity index (χ0) is 20.1. The second kappa shape index (κ2) is 7.99. The predicted molar refractivity (Wildman–Crippen MR) is 92.7 cm³/mol. The van der Waals surface area contributed by atoms with E-state index in [4.69, 9.17) is 5.26 Å². The summed E-state index contributed by atoms with van der Waals surface area (Å²) in [6.07, 6.45) is -1.82. The van der Waals surface area contributed by atoms with E-state index < -0.39 is 6.36 Å². The molecule has 1 aliphatic heterocycles. The standard InChI is InChI=1S/C17H15F3N6O2/c18-17(19,20)28-13-3-1-12(2-4-13)24-16(27)26-9-7-25(8-10-26)15-14(11-21)22-5-6-23-15/h1-6H,7-10H2,(H,24,27). The van der Waals surface area contributed by atoms with Gasteiger partial charge in [0, 0.05) is 44.3 Å². The van der Waals surface area contributed by atoms with Crippen molar-refractivity contribution in [3.05, 3.63) is 42.4 Å². The molecule has 2 aromatic rings. The minimum absolute atomic E-state index is 0.224. The molecule has 3 rings (SSSR count). The Bertz CT molecular complexity index is 874. The summed E-state index contributed by atoms with van der Waals surface area (Å²) >= 11 is 0. The number of hydrogen-bond acceptors (Lipinski definition) is 6. The van der Waals surface area contributed by atoms with Gasteiger partial charge in [0.2, 0.25) is 0 Å². The molecule has 1 aromatic heterocycles. The Kier molecular flexibility index (Phi) is 5.49. The summed E-state index contributed by atoms with van der Waals surface area (Å²) in [6.45, 7) is 1.73. The third-order valence-electron chi connectivity index (χ3n) is 3.99. The SMILES string of the molecule is N#Cc1nccnc1N1CCN(C(=O)Nc2ccc(OC(F)(F)F)cc2)CC1. The van der Waals surface area contributed by atoms with Gasteiger partial charge in [-0.3, -0.25) is 0 Å². The number of benzene rings is 1. The van der Waals surface area contributed by atoms with E-state index in [-0.39, 0.29) is 17.5 Å². The number of nitriles is 1. The molecule has 1 aliphatic rings. The molecule has 146 valence electrons. The quantitative estimate of drug-likeness (QED) is 0.863. The van der Waals surface area contributed by atoms with Crippen molar-refractivity contribution in [2.24, 2.45) is 0 Å². The van der Waals surface area contributed by atoms with Crippen molar-refractivity contribution >= 4 is 17.5 Å². The van der Waals surface area contributed by atoms with Gasteiger partial charge in [-0.15, -0.1) is 13.2 Å². The molecule has 1 saturated heterocycles. The normalized spacial score (nSPS) is 14.4. The van der Waals surface area contributed by atoms with E-state index >= 15 is 0 Å². The highest BCUT2D eigenvalue weighted by Gasteiger charge is 2.31. The summed E-state index contributed by atoms with van der Waals surface area (Å²) in [5.41, 5.74) is 0.573. The highest BCUT2D eigenvalue weighted by molar-refractivity contribution is 5.89. The molecule has 2 heterocycles. The van der Waals surface area contributed by atoms with Gasteiger partial charge in [-0.05, 0) is 24.3 Å². The van der Waals surface area contributed by atoms with Crippen molar-refractivity contribution < 1.29 is 22.7 Å². The van der Waals surface area contributed by atoms with Crippen LogP contribution in [0.4, 0.5) is 29.5 Å². The Balaban J connectivity index is 1.55. The number of anilines is 2. The Morgan fingerprint density at radius 1 is 1.11 bits per heavy atom. The number of urea groups is 1. The van der Waals surface area contributed by atoms with Gasteiger partial charge in [0.05, 0.1) is 0 Å².